The van der Waals surface area contributed by atoms with E-state index >= 15 is 0 Å². The molecule has 1 aromatic rings. The van der Waals surface area contributed by atoms with Crippen LogP contribution in [0.1, 0.15) is 19.4 Å². The van der Waals surface area contributed by atoms with Gasteiger partial charge in [0.2, 0.25) is 0 Å². The highest BCUT2D eigenvalue weighted by Gasteiger charge is 2.02. The predicted octanol–water partition coefficient (Wildman–Crippen LogP) is 0.390. The van der Waals surface area contributed by atoms with Crippen LogP contribution in [0.25, 0.3) is 0 Å². The lowest BCUT2D eigenvalue weighted by Gasteiger charge is -2.12. The molecule has 0 aromatic carbocycles. The summed E-state index contributed by atoms with van der Waals surface area (Å²) in [7, 11) is 0. The molecule has 0 radical (unpaired) electrons. The van der Waals surface area contributed by atoms with Gasteiger partial charge in [0.05, 0.1) is 26.0 Å². The number of hydrogen-bond acceptors (Lipinski definition) is 4. The maximum Gasteiger partial charge on any atom is 0.0640 e. The molecule has 0 saturated heterocycles. The number of nitrogens with zero attached hydrogens (tertiary/aromatic N) is 2. The van der Waals surface area contributed by atoms with Gasteiger partial charge >= 0.3 is 0 Å². The van der Waals surface area contributed by atoms with Crippen molar-refractivity contribution in [1.29, 1.82) is 0 Å². The largest absolute Gasteiger partial charge is 0.394 e. The van der Waals surface area contributed by atoms with Crippen molar-refractivity contribution in [3.8, 4) is 0 Å². The van der Waals surface area contributed by atoms with E-state index in [0.29, 0.717) is 12.6 Å². The molecule has 5 heteroatoms. The fourth-order valence-electron chi connectivity index (χ4n) is 1.37. The highest BCUT2D eigenvalue weighted by molar-refractivity contribution is 5.03. The third kappa shape index (κ3) is 4.74. The summed E-state index contributed by atoms with van der Waals surface area (Å²) in [5, 5.41) is 16.2. The zero-order valence-electron chi connectivity index (χ0n) is 10.0. The molecule has 0 bridgehead atoms. The van der Waals surface area contributed by atoms with Gasteiger partial charge < -0.3 is 15.2 Å². The standard InChI is InChI=1S/C11H21N3O2/c1-3-16-9-10(2)12-6-11-7-13-14(8-11)4-5-15/h7-8,10,12,15H,3-6,9H2,1-2H3. The van der Waals surface area contributed by atoms with Gasteiger partial charge in [0.15, 0.2) is 0 Å². The molecule has 0 saturated carbocycles. The van der Waals surface area contributed by atoms with Crippen molar-refractivity contribution in [2.45, 2.75) is 33.0 Å². The van der Waals surface area contributed by atoms with E-state index in [1.807, 2.05) is 19.3 Å². The third-order valence-corrected chi connectivity index (χ3v) is 2.24. The number of rotatable bonds is 8. The zero-order valence-corrected chi connectivity index (χ0v) is 10.0. The highest BCUT2D eigenvalue weighted by atomic mass is 16.5. The molecule has 0 fully saturated rings. The Kier molecular flexibility index (Phi) is 6.07. The van der Waals surface area contributed by atoms with E-state index in [1.165, 1.54) is 0 Å². The van der Waals surface area contributed by atoms with Gasteiger partial charge in [0, 0.05) is 31.0 Å². The molecule has 1 rings (SSSR count). The van der Waals surface area contributed by atoms with Gasteiger partial charge in [0.25, 0.3) is 0 Å². The monoisotopic (exact) mass is 227 g/mol. The van der Waals surface area contributed by atoms with Gasteiger partial charge in [-0.1, -0.05) is 0 Å². The Balaban J connectivity index is 2.25. The predicted molar refractivity (Wildman–Crippen MR) is 62.1 cm³/mol. The van der Waals surface area contributed by atoms with Crippen LogP contribution in [0, 0.1) is 0 Å². The van der Waals surface area contributed by atoms with Crippen molar-refractivity contribution in [2.24, 2.45) is 0 Å². The Morgan fingerprint density at radius 1 is 1.62 bits per heavy atom. The minimum Gasteiger partial charge on any atom is -0.394 e. The maximum absolute atomic E-state index is 8.75. The first-order valence-electron chi connectivity index (χ1n) is 5.69. The van der Waals surface area contributed by atoms with Crippen LogP contribution in [0.5, 0.6) is 0 Å². The average Bonchev–Trinajstić information content (AvgIpc) is 2.72. The SMILES string of the molecule is CCOCC(C)NCc1cnn(CCO)c1. The molecular weight excluding hydrogens is 206 g/mol. The molecule has 1 unspecified atom stereocenters. The molecular formula is C11H21N3O2. The molecule has 1 atom stereocenters. The fourth-order valence-corrected chi connectivity index (χ4v) is 1.37. The van der Waals surface area contributed by atoms with Gasteiger partial charge in [-0.25, -0.2) is 0 Å². The minimum absolute atomic E-state index is 0.120. The second-order valence-electron chi connectivity index (χ2n) is 3.78. The normalized spacial score (nSPS) is 12.9. The van der Waals surface area contributed by atoms with E-state index in [0.717, 1.165) is 25.3 Å². The maximum atomic E-state index is 8.75. The molecule has 2 N–H and O–H groups in total. The lowest BCUT2D eigenvalue weighted by molar-refractivity contribution is 0.127. The van der Waals surface area contributed by atoms with Crippen LogP contribution >= 0.6 is 0 Å². The number of aliphatic hydroxyl groups is 1. The van der Waals surface area contributed by atoms with Crippen LogP contribution < -0.4 is 5.32 Å². The molecule has 1 heterocycles. The van der Waals surface area contributed by atoms with E-state index < -0.39 is 0 Å². The molecule has 5 nitrogen and oxygen atoms in total. The van der Waals surface area contributed by atoms with E-state index in [2.05, 4.69) is 17.3 Å². The third-order valence-electron chi connectivity index (χ3n) is 2.24. The van der Waals surface area contributed by atoms with Crippen LogP contribution in [0.3, 0.4) is 0 Å². The van der Waals surface area contributed by atoms with Crippen LogP contribution in [0.2, 0.25) is 0 Å². The molecule has 1 aromatic heterocycles. The molecule has 0 aliphatic carbocycles. The Labute approximate surface area is 96.4 Å². The Morgan fingerprint density at radius 3 is 3.12 bits per heavy atom. The van der Waals surface area contributed by atoms with Crippen LogP contribution in [0.15, 0.2) is 12.4 Å². The number of aromatic nitrogens is 2. The first-order valence-corrected chi connectivity index (χ1v) is 5.69. The van der Waals surface area contributed by atoms with E-state index in [-0.39, 0.29) is 6.61 Å². The second-order valence-corrected chi connectivity index (χ2v) is 3.78. The van der Waals surface area contributed by atoms with Crippen molar-refractivity contribution in [3.63, 3.8) is 0 Å². The smallest absolute Gasteiger partial charge is 0.0640 e. The summed E-state index contributed by atoms with van der Waals surface area (Å²) < 4.78 is 7.05. The number of ether oxygens (including phenoxy) is 1. The molecule has 0 aliphatic heterocycles. The van der Waals surface area contributed by atoms with Crippen LogP contribution in [-0.4, -0.2) is 40.7 Å². The van der Waals surface area contributed by atoms with Crippen molar-refractivity contribution in [2.75, 3.05) is 19.8 Å². The van der Waals surface area contributed by atoms with Crippen molar-refractivity contribution in [3.05, 3.63) is 18.0 Å². The Bertz CT molecular complexity index is 289. The summed E-state index contributed by atoms with van der Waals surface area (Å²) >= 11 is 0. The van der Waals surface area contributed by atoms with Gasteiger partial charge in [-0.3, -0.25) is 4.68 Å². The first-order chi connectivity index (χ1) is 7.76. The second kappa shape index (κ2) is 7.38. The Morgan fingerprint density at radius 2 is 2.44 bits per heavy atom. The van der Waals surface area contributed by atoms with E-state index in [4.69, 9.17) is 9.84 Å². The van der Waals surface area contributed by atoms with Gasteiger partial charge in [0.1, 0.15) is 0 Å². The van der Waals surface area contributed by atoms with Crippen LogP contribution in [-0.2, 0) is 17.8 Å². The van der Waals surface area contributed by atoms with E-state index in [9.17, 15) is 0 Å². The summed E-state index contributed by atoms with van der Waals surface area (Å²) in [6, 6.07) is 0.334. The Hall–Kier alpha value is -0.910. The zero-order chi connectivity index (χ0) is 11.8. The van der Waals surface area contributed by atoms with Crippen molar-refractivity contribution < 1.29 is 9.84 Å². The lowest BCUT2D eigenvalue weighted by Crippen LogP contribution is -2.29. The average molecular weight is 227 g/mol. The van der Waals surface area contributed by atoms with Gasteiger partial charge in [-0.05, 0) is 13.8 Å². The molecule has 0 aliphatic rings. The topological polar surface area (TPSA) is 59.3 Å². The van der Waals surface area contributed by atoms with Crippen LogP contribution in [0.4, 0.5) is 0 Å². The molecule has 16 heavy (non-hydrogen) atoms. The fraction of sp³-hybridized carbons (Fsp3) is 0.727. The number of aliphatic hydroxyl groups excluding tert-OH is 1. The molecule has 0 amide bonds. The lowest BCUT2D eigenvalue weighted by atomic mass is 10.3. The summed E-state index contributed by atoms with van der Waals surface area (Å²) in [6.07, 6.45) is 3.76. The molecule has 0 spiro atoms. The van der Waals surface area contributed by atoms with Gasteiger partial charge in [-0.15, -0.1) is 0 Å². The first kappa shape index (κ1) is 13.2. The van der Waals surface area contributed by atoms with Crippen molar-refractivity contribution in [1.82, 2.24) is 15.1 Å². The van der Waals surface area contributed by atoms with Crippen molar-refractivity contribution >= 4 is 0 Å². The summed E-state index contributed by atoms with van der Waals surface area (Å²) in [5.41, 5.74) is 1.12. The number of nitrogens with one attached hydrogen (secondary N) is 1. The summed E-state index contributed by atoms with van der Waals surface area (Å²) in [6.45, 7) is 7.00. The number of hydrogen-bond donors (Lipinski definition) is 2. The van der Waals surface area contributed by atoms with Gasteiger partial charge in [-0.2, -0.15) is 5.10 Å². The summed E-state index contributed by atoms with van der Waals surface area (Å²) in [5.74, 6) is 0. The summed E-state index contributed by atoms with van der Waals surface area (Å²) in [4.78, 5) is 0. The molecule has 92 valence electrons. The quantitative estimate of drug-likeness (QED) is 0.674. The highest BCUT2D eigenvalue weighted by Crippen LogP contribution is 1.98. The minimum atomic E-state index is 0.120. The van der Waals surface area contributed by atoms with E-state index in [1.54, 1.807) is 4.68 Å².